The molecule has 0 aliphatic carbocycles. The molecular formula is C12H23NO3. The van der Waals surface area contributed by atoms with Crippen LogP contribution in [0.15, 0.2) is 0 Å². The van der Waals surface area contributed by atoms with Crippen LogP contribution >= 0.6 is 0 Å². The quantitative estimate of drug-likeness (QED) is 0.753. The Hall–Kier alpha value is -0.770. The van der Waals surface area contributed by atoms with Gasteiger partial charge in [-0.1, -0.05) is 13.8 Å². The van der Waals surface area contributed by atoms with Crippen molar-refractivity contribution in [2.45, 2.75) is 52.7 Å². The highest BCUT2D eigenvalue weighted by Gasteiger charge is 2.38. The second-order valence-electron chi connectivity index (χ2n) is 5.99. The largest absolute Gasteiger partial charge is 0.444 e. The molecule has 4 nitrogen and oxygen atoms in total. The molecule has 0 saturated carbocycles. The minimum Gasteiger partial charge on any atom is -0.444 e. The first-order chi connectivity index (χ1) is 7.21. The zero-order chi connectivity index (χ0) is 12.4. The predicted molar refractivity (Wildman–Crippen MR) is 62.4 cm³/mol. The zero-order valence-electron chi connectivity index (χ0n) is 10.9. The van der Waals surface area contributed by atoms with Gasteiger partial charge >= 0.3 is 6.09 Å². The summed E-state index contributed by atoms with van der Waals surface area (Å²) in [7, 11) is 0. The molecule has 94 valence electrons. The van der Waals surface area contributed by atoms with Crippen molar-refractivity contribution >= 4 is 6.09 Å². The van der Waals surface area contributed by atoms with E-state index in [0.29, 0.717) is 12.6 Å². The van der Waals surface area contributed by atoms with Crippen LogP contribution in [0.4, 0.5) is 4.79 Å². The number of amides is 1. The van der Waals surface area contributed by atoms with E-state index in [2.05, 4.69) is 19.2 Å². The van der Waals surface area contributed by atoms with Crippen LogP contribution in [0, 0.1) is 5.41 Å². The molecule has 1 rings (SSSR count). The van der Waals surface area contributed by atoms with Crippen LogP contribution in [0.1, 0.15) is 41.0 Å². The molecule has 1 N–H and O–H groups in total. The molecule has 1 amide bonds. The highest BCUT2D eigenvalue weighted by molar-refractivity contribution is 5.67. The molecule has 0 spiro atoms. The smallest absolute Gasteiger partial charge is 0.407 e. The summed E-state index contributed by atoms with van der Waals surface area (Å²) in [5.41, 5.74) is -0.297. The molecule has 0 aromatic rings. The van der Waals surface area contributed by atoms with Crippen molar-refractivity contribution in [1.82, 2.24) is 5.32 Å². The van der Waals surface area contributed by atoms with E-state index in [1.807, 2.05) is 20.8 Å². The lowest BCUT2D eigenvalue weighted by molar-refractivity contribution is 0.0519. The standard InChI is InChI=1S/C12H23NO3/c1-11(2,3)16-10(14)13-7-6-12(4,5)9-8-15-9/h9H,6-8H2,1-5H3,(H,13,14). The lowest BCUT2D eigenvalue weighted by Crippen LogP contribution is -2.35. The topological polar surface area (TPSA) is 50.9 Å². The minimum atomic E-state index is -0.431. The van der Waals surface area contributed by atoms with E-state index in [1.165, 1.54) is 0 Å². The summed E-state index contributed by atoms with van der Waals surface area (Å²) in [4.78, 5) is 11.4. The van der Waals surface area contributed by atoms with Crippen LogP contribution in [0.5, 0.6) is 0 Å². The van der Waals surface area contributed by atoms with Crippen LogP contribution in [0.3, 0.4) is 0 Å². The Bertz CT molecular complexity index is 251. The SMILES string of the molecule is CC(C)(C)OC(=O)NCCC(C)(C)C1CO1. The molecule has 1 fully saturated rings. The van der Waals surface area contributed by atoms with Crippen molar-refractivity contribution in [2.75, 3.05) is 13.2 Å². The summed E-state index contributed by atoms with van der Waals surface area (Å²) in [6.07, 6.45) is 0.907. The van der Waals surface area contributed by atoms with Gasteiger partial charge in [0.15, 0.2) is 0 Å². The van der Waals surface area contributed by atoms with Gasteiger partial charge in [0, 0.05) is 6.54 Å². The van der Waals surface area contributed by atoms with Gasteiger partial charge in [-0.25, -0.2) is 4.79 Å². The van der Waals surface area contributed by atoms with Crippen molar-refractivity contribution < 1.29 is 14.3 Å². The number of hydrogen-bond acceptors (Lipinski definition) is 3. The summed E-state index contributed by atoms with van der Waals surface area (Å²) in [5.74, 6) is 0. The molecule has 1 aliphatic heterocycles. The van der Waals surface area contributed by atoms with Crippen molar-refractivity contribution in [3.63, 3.8) is 0 Å². The number of rotatable bonds is 4. The Morgan fingerprint density at radius 1 is 1.38 bits per heavy atom. The molecule has 16 heavy (non-hydrogen) atoms. The maximum Gasteiger partial charge on any atom is 0.407 e. The monoisotopic (exact) mass is 229 g/mol. The fraction of sp³-hybridized carbons (Fsp3) is 0.917. The van der Waals surface area contributed by atoms with Gasteiger partial charge in [0.05, 0.1) is 12.7 Å². The molecule has 0 bridgehead atoms. The molecule has 4 heteroatoms. The lowest BCUT2D eigenvalue weighted by Gasteiger charge is -2.23. The minimum absolute atomic E-state index is 0.134. The summed E-state index contributed by atoms with van der Waals surface area (Å²) < 4.78 is 10.4. The van der Waals surface area contributed by atoms with Crippen molar-refractivity contribution in [3.05, 3.63) is 0 Å². The molecule has 1 aliphatic rings. The second kappa shape index (κ2) is 4.62. The molecule has 1 saturated heterocycles. The van der Waals surface area contributed by atoms with E-state index < -0.39 is 5.60 Å². The number of carbonyl (C=O) groups excluding carboxylic acids is 1. The van der Waals surface area contributed by atoms with Gasteiger partial charge in [-0.3, -0.25) is 0 Å². The molecular weight excluding hydrogens is 206 g/mol. The Kier molecular flexibility index (Phi) is 3.84. The summed E-state index contributed by atoms with van der Waals surface area (Å²) >= 11 is 0. The maximum absolute atomic E-state index is 11.4. The van der Waals surface area contributed by atoms with Gasteiger partial charge in [-0.15, -0.1) is 0 Å². The van der Waals surface area contributed by atoms with E-state index in [-0.39, 0.29) is 11.5 Å². The van der Waals surface area contributed by atoms with Crippen molar-refractivity contribution in [3.8, 4) is 0 Å². The first kappa shape index (κ1) is 13.3. The first-order valence-electron chi connectivity index (χ1n) is 5.79. The fourth-order valence-corrected chi connectivity index (χ4v) is 1.46. The zero-order valence-corrected chi connectivity index (χ0v) is 10.9. The van der Waals surface area contributed by atoms with Crippen LogP contribution in [0.2, 0.25) is 0 Å². The third kappa shape index (κ3) is 4.84. The van der Waals surface area contributed by atoms with E-state index in [9.17, 15) is 4.79 Å². The summed E-state index contributed by atoms with van der Waals surface area (Å²) in [5, 5.41) is 2.76. The van der Waals surface area contributed by atoms with Gasteiger partial charge in [0.25, 0.3) is 0 Å². The van der Waals surface area contributed by atoms with E-state index in [1.54, 1.807) is 0 Å². The lowest BCUT2D eigenvalue weighted by atomic mass is 9.86. The van der Waals surface area contributed by atoms with Crippen LogP contribution < -0.4 is 5.32 Å². The van der Waals surface area contributed by atoms with E-state index in [4.69, 9.17) is 9.47 Å². The third-order valence-corrected chi connectivity index (χ3v) is 2.64. The van der Waals surface area contributed by atoms with Crippen LogP contribution in [-0.2, 0) is 9.47 Å². The Morgan fingerprint density at radius 2 is 1.94 bits per heavy atom. The van der Waals surface area contributed by atoms with Gasteiger partial charge in [0.2, 0.25) is 0 Å². The van der Waals surface area contributed by atoms with Crippen LogP contribution in [-0.4, -0.2) is 30.9 Å². The van der Waals surface area contributed by atoms with Gasteiger partial charge in [-0.05, 0) is 32.6 Å². The molecule has 0 radical (unpaired) electrons. The number of carbonyl (C=O) groups is 1. The Balaban J connectivity index is 2.17. The predicted octanol–water partition coefficient (Wildman–Crippen LogP) is 2.33. The summed E-state index contributed by atoms with van der Waals surface area (Å²) in [6.45, 7) is 11.3. The Labute approximate surface area is 97.7 Å². The second-order valence-corrected chi connectivity index (χ2v) is 5.99. The molecule has 0 aromatic heterocycles. The van der Waals surface area contributed by atoms with Crippen LogP contribution in [0.25, 0.3) is 0 Å². The number of hydrogen-bond donors (Lipinski definition) is 1. The number of ether oxygens (including phenoxy) is 2. The van der Waals surface area contributed by atoms with E-state index >= 15 is 0 Å². The highest BCUT2D eigenvalue weighted by Crippen LogP contribution is 2.34. The van der Waals surface area contributed by atoms with Gasteiger partial charge in [-0.2, -0.15) is 0 Å². The number of epoxide rings is 1. The van der Waals surface area contributed by atoms with Crippen molar-refractivity contribution in [1.29, 1.82) is 0 Å². The highest BCUT2D eigenvalue weighted by atomic mass is 16.6. The normalized spacial score (nSPS) is 20.4. The molecule has 1 atom stereocenters. The van der Waals surface area contributed by atoms with Gasteiger partial charge < -0.3 is 14.8 Å². The average Bonchev–Trinajstić information content (AvgIpc) is 2.80. The Morgan fingerprint density at radius 3 is 2.38 bits per heavy atom. The summed E-state index contributed by atoms with van der Waals surface area (Å²) in [6, 6.07) is 0. The van der Waals surface area contributed by atoms with Crippen molar-refractivity contribution in [2.24, 2.45) is 5.41 Å². The van der Waals surface area contributed by atoms with Gasteiger partial charge in [0.1, 0.15) is 5.60 Å². The number of nitrogens with one attached hydrogen (secondary N) is 1. The average molecular weight is 229 g/mol. The molecule has 1 heterocycles. The maximum atomic E-state index is 11.4. The fourth-order valence-electron chi connectivity index (χ4n) is 1.46. The molecule has 1 unspecified atom stereocenters. The molecule has 0 aromatic carbocycles. The first-order valence-corrected chi connectivity index (χ1v) is 5.79. The third-order valence-electron chi connectivity index (χ3n) is 2.64. The van der Waals surface area contributed by atoms with E-state index in [0.717, 1.165) is 13.0 Å². The number of alkyl carbamates (subject to hydrolysis) is 1.